The van der Waals surface area contributed by atoms with Gasteiger partial charge in [-0.2, -0.15) is 0 Å². The zero-order valence-electron chi connectivity index (χ0n) is 11.4. The van der Waals surface area contributed by atoms with Crippen LogP contribution in [0.25, 0.3) is 0 Å². The first-order valence-electron chi connectivity index (χ1n) is 7.44. The summed E-state index contributed by atoms with van der Waals surface area (Å²) in [5.74, 6) is 0. The average molecular weight is 240 g/mol. The number of hydrogen-bond donors (Lipinski definition) is 0. The van der Waals surface area contributed by atoms with E-state index in [-0.39, 0.29) is 0 Å². The number of hydrogen-bond acceptors (Lipinski definition) is 3. The molecule has 0 saturated carbocycles. The minimum absolute atomic E-state index is 0.841. The largest absolute Gasteiger partial charge is 0.380 e. The van der Waals surface area contributed by atoms with E-state index in [0.717, 1.165) is 25.8 Å². The van der Waals surface area contributed by atoms with Crippen LogP contribution in [0.5, 0.6) is 0 Å². The molecular weight excluding hydrogens is 212 g/mol. The van der Waals surface area contributed by atoms with Crippen molar-refractivity contribution in [3.63, 3.8) is 0 Å². The van der Waals surface area contributed by atoms with Gasteiger partial charge in [-0.05, 0) is 25.8 Å². The Bertz CT molecular complexity index is 210. The molecule has 2 aliphatic heterocycles. The fourth-order valence-electron chi connectivity index (χ4n) is 2.97. The molecule has 0 radical (unpaired) electrons. The summed E-state index contributed by atoms with van der Waals surface area (Å²) in [6.45, 7) is 10.3. The van der Waals surface area contributed by atoms with Crippen molar-refractivity contribution in [2.45, 2.75) is 45.1 Å². The molecular formula is C14H28N2O. The van der Waals surface area contributed by atoms with Gasteiger partial charge in [-0.25, -0.2) is 0 Å². The van der Waals surface area contributed by atoms with Crippen LogP contribution < -0.4 is 0 Å². The number of ether oxygens (including phenoxy) is 1. The van der Waals surface area contributed by atoms with Crippen molar-refractivity contribution in [3.05, 3.63) is 0 Å². The lowest BCUT2D eigenvalue weighted by Crippen LogP contribution is -2.55. The number of piperazine rings is 1. The molecule has 100 valence electrons. The number of fused-ring (bicyclic) bond motifs is 1. The van der Waals surface area contributed by atoms with E-state index in [1.165, 1.54) is 58.3 Å². The van der Waals surface area contributed by atoms with Gasteiger partial charge in [0, 0.05) is 38.8 Å². The van der Waals surface area contributed by atoms with Gasteiger partial charge in [-0.15, -0.1) is 0 Å². The molecule has 0 aromatic heterocycles. The smallest absolute Gasteiger partial charge is 0.0593 e. The molecule has 2 saturated heterocycles. The van der Waals surface area contributed by atoms with Gasteiger partial charge < -0.3 is 4.74 Å². The number of rotatable bonds is 6. The predicted molar refractivity (Wildman–Crippen MR) is 71.4 cm³/mol. The molecule has 1 atom stereocenters. The summed E-state index contributed by atoms with van der Waals surface area (Å²) in [5.41, 5.74) is 0. The highest BCUT2D eigenvalue weighted by Gasteiger charge is 2.28. The van der Waals surface area contributed by atoms with Gasteiger partial charge in [0.2, 0.25) is 0 Å². The van der Waals surface area contributed by atoms with Crippen LogP contribution in [-0.2, 0) is 4.74 Å². The third-order valence-electron chi connectivity index (χ3n) is 4.12. The van der Waals surface area contributed by atoms with Gasteiger partial charge in [0.25, 0.3) is 0 Å². The zero-order valence-corrected chi connectivity index (χ0v) is 11.4. The molecule has 3 heteroatoms. The maximum atomic E-state index is 5.66. The molecule has 0 spiro atoms. The van der Waals surface area contributed by atoms with Crippen LogP contribution in [0.15, 0.2) is 0 Å². The number of nitrogens with zero attached hydrogens (tertiary/aromatic N) is 2. The van der Waals surface area contributed by atoms with Crippen molar-refractivity contribution in [2.24, 2.45) is 0 Å². The Labute approximate surface area is 106 Å². The summed E-state index contributed by atoms with van der Waals surface area (Å²) in [4.78, 5) is 5.29. The standard InChI is InChI=1S/C14H28N2O/c1-2-3-11-17-12-10-15-8-9-16-7-5-4-6-14(16)13-15/h14H,2-13H2,1H3. The summed E-state index contributed by atoms with van der Waals surface area (Å²) in [6.07, 6.45) is 6.70. The molecule has 2 fully saturated rings. The average Bonchev–Trinajstić information content (AvgIpc) is 2.38. The number of piperidine rings is 1. The van der Waals surface area contributed by atoms with Crippen LogP contribution in [0.4, 0.5) is 0 Å². The lowest BCUT2D eigenvalue weighted by Gasteiger charge is -2.44. The third kappa shape index (κ3) is 4.23. The van der Waals surface area contributed by atoms with Crippen molar-refractivity contribution in [3.8, 4) is 0 Å². The van der Waals surface area contributed by atoms with Crippen LogP contribution >= 0.6 is 0 Å². The van der Waals surface area contributed by atoms with E-state index in [1.807, 2.05) is 0 Å². The molecule has 0 amide bonds. The first-order chi connectivity index (χ1) is 8.40. The Morgan fingerprint density at radius 3 is 2.94 bits per heavy atom. The summed E-state index contributed by atoms with van der Waals surface area (Å²) < 4.78 is 5.66. The van der Waals surface area contributed by atoms with Crippen molar-refractivity contribution < 1.29 is 4.74 Å². The normalized spacial score (nSPS) is 27.0. The van der Waals surface area contributed by atoms with E-state index < -0.39 is 0 Å². The Hall–Kier alpha value is -0.120. The van der Waals surface area contributed by atoms with Crippen LogP contribution in [0, 0.1) is 0 Å². The van der Waals surface area contributed by atoms with E-state index in [0.29, 0.717) is 0 Å². The highest BCUT2D eigenvalue weighted by Crippen LogP contribution is 2.20. The van der Waals surface area contributed by atoms with Crippen molar-refractivity contribution in [1.82, 2.24) is 9.80 Å². The molecule has 0 aromatic rings. The highest BCUT2D eigenvalue weighted by atomic mass is 16.5. The summed E-state index contributed by atoms with van der Waals surface area (Å²) in [6, 6.07) is 0.841. The molecule has 17 heavy (non-hydrogen) atoms. The monoisotopic (exact) mass is 240 g/mol. The fraction of sp³-hybridized carbons (Fsp3) is 1.00. The molecule has 2 aliphatic rings. The highest BCUT2D eigenvalue weighted by molar-refractivity contribution is 4.84. The number of unbranched alkanes of at least 4 members (excludes halogenated alkanes) is 1. The van der Waals surface area contributed by atoms with Crippen molar-refractivity contribution in [1.29, 1.82) is 0 Å². The molecule has 3 nitrogen and oxygen atoms in total. The lowest BCUT2D eigenvalue weighted by molar-refractivity contribution is 0.0292. The maximum Gasteiger partial charge on any atom is 0.0593 e. The topological polar surface area (TPSA) is 15.7 Å². The Morgan fingerprint density at radius 1 is 1.12 bits per heavy atom. The maximum absolute atomic E-state index is 5.66. The molecule has 1 unspecified atom stereocenters. The third-order valence-corrected chi connectivity index (χ3v) is 4.12. The van der Waals surface area contributed by atoms with Crippen molar-refractivity contribution >= 4 is 0 Å². The summed E-state index contributed by atoms with van der Waals surface area (Å²) in [7, 11) is 0. The van der Waals surface area contributed by atoms with Gasteiger partial charge >= 0.3 is 0 Å². The first kappa shape index (κ1) is 13.3. The van der Waals surface area contributed by atoms with Crippen LogP contribution in [0.1, 0.15) is 39.0 Å². The van der Waals surface area contributed by atoms with E-state index in [2.05, 4.69) is 16.7 Å². The minimum atomic E-state index is 0.841. The molecule has 0 aromatic carbocycles. The predicted octanol–water partition coefficient (Wildman–Crippen LogP) is 1.97. The summed E-state index contributed by atoms with van der Waals surface area (Å²) >= 11 is 0. The second-order valence-corrected chi connectivity index (χ2v) is 5.45. The van der Waals surface area contributed by atoms with Gasteiger partial charge in [0.05, 0.1) is 6.61 Å². The molecule has 2 heterocycles. The van der Waals surface area contributed by atoms with E-state index in [4.69, 9.17) is 4.74 Å². The van der Waals surface area contributed by atoms with Gasteiger partial charge in [0.15, 0.2) is 0 Å². The van der Waals surface area contributed by atoms with Crippen LogP contribution in [0.3, 0.4) is 0 Å². The van der Waals surface area contributed by atoms with Gasteiger partial charge in [-0.3, -0.25) is 9.80 Å². The molecule has 0 aliphatic carbocycles. The Morgan fingerprint density at radius 2 is 2.06 bits per heavy atom. The van der Waals surface area contributed by atoms with E-state index in [1.54, 1.807) is 0 Å². The van der Waals surface area contributed by atoms with Crippen molar-refractivity contribution in [2.75, 3.05) is 45.9 Å². The van der Waals surface area contributed by atoms with Crippen LogP contribution in [0.2, 0.25) is 0 Å². The Balaban J connectivity index is 1.59. The summed E-state index contributed by atoms with van der Waals surface area (Å²) in [5, 5.41) is 0. The van der Waals surface area contributed by atoms with Gasteiger partial charge in [-0.1, -0.05) is 19.8 Å². The quantitative estimate of drug-likeness (QED) is 0.660. The minimum Gasteiger partial charge on any atom is -0.380 e. The Kier molecular flexibility index (Phi) is 5.75. The second-order valence-electron chi connectivity index (χ2n) is 5.45. The second kappa shape index (κ2) is 7.34. The lowest BCUT2D eigenvalue weighted by atomic mass is 9.99. The molecule has 0 N–H and O–H groups in total. The SMILES string of the molecule is CCCCOCCN1CCN2CCCCC2C1. The first-order valence-corrected chi connectivity index (χ1v) is 7.44. The molecule has 0 bridgehead atoms. The fourth-order valence-corrected chi connectivity index (χ4v) is 2.97. The van der Waals surface area contributed by atoms with Gasteiger partial charge in [0.1, 0.15) is 0 Å². The van der Waals surface area contributed by atoms with Crippen LogP contribution in [-0.4, -0.2) is 61.8 Å². The van der Waals surface area contributed by atoms with E-state index >= 15 is 0 Å². The van der Waals surface area contributed by atoms with E-state index in [9.17, 15) is 0 Å². The molecule has 2 rings (SSSR count). The zero-order chi connectivity index (χ0) is 11.9.